The van der Waals surface area contributed by atoms with Crippen molar-refractivity contribution in [2.45, 2.75) is 51.7 Å². The first-order valence-electron chi connectivity index (χ1n) is 11.0. The second-order valence-corrected chi connectivity index (χ2v) is 8.35. The highest BCUT2D eigenvalue weighted by molar-refractivity contribution is 5.97. The lowest BCUT2D eigenvalue weighted by Gasteiger charge is -2.36. The average Bonchev–Trinajstić information content (AvgIpc) is 2.77. The molecule has 1 saturated heterocycles. The van der Waals surface area contributed by atoms with Gasteiger partial charge in [-0.05, 0) is 45.6 Å². The molecule has 2 aliphatic heterocycles. The van der Waals surface area contributed by atoms with Crippen molar-refractivity contribution in [1.82, 2.24) is 4.57 Å². The molecule has 0 spiro atoms. The molecule has 172 valence electrons. The van der Waals surface area contributed by atoms with E-state index in [0.29, 0.717) is 43.6 Å². The van der Waals surface area contributed by atoms with Crippen LogP contribution >= 0.6 is 0 Å². The lowest BCUT2D eigenvalue weighted by Crippen LogP contribution is -2.37. The van der Waals surface area contributed by atoms with Gasteiger partial charge in [0.05, 0.1) is 23.9 Å². The van der Waals surface area contributed by atoms with Gasteiger partial charge in [0.25, 0.3) is 0 Å². The Bertz CT molecular complexity index is 1120. The minimum absolute atomic E-state index is 0.0105. The number of hydrogen-bond acceptors (Lipinski definition) is 7. The molecule has 0 unspecified atom stereocenters. The van der Waals surface area contributed by atoms with E-state index in [1.807, 2.05) is 16.4 Å². The summed E-state index contributed by atoms with van der Waals surface area (Å²) in [5, 5.41) is 9.94. The fraction of sp³-hybridized carbons (Fsp3) is 0.522. The molecule has 4 rings (SSSR count). The fourth-order valence-electron chi connectivity index (χ4n) is 4.62. The molecular weight excluding hydrogens is 419 g/mol. The van der Waals surface area contributed by atoms with Crippen LogP contribution in [0.3, 0.4) is 0 Å². The standard InChI is InChI=1S/C23H27FN2O6/c1-3-31-19(28)12-32-23(30)17-11-26-13(2)4-5-15-20(26)16(22(17)29)10-18(24)21(15)25-8-6-14(27)7-9-25/h10-11,13-14,27H,3-9,12H2,1-2H3/t13-/m0/s1. The van der Waals surface area contributed by atoms with Crippen LogP contribution in [0.15, 0.2) is 17.1 Å². The van der Waals surface area contributed by atoms with Gasteiger partial charge in [-0.3, -0.25) is 4.79 Å². The second kappa shape index (κ2) is 8.90. The minimum Gasteiger partial charge on any atom is -0.463 e. The zero-order valence-corrected chi connectivity index (χ0v) is 18.2. The third-order valence-electron chi connectivity index (χ3n) is 6.25. The number of benzene rings is 1. The SMILES string of the molecule is CCOC(=O)COC(=O)c1cn2c3c(c(N4CCC(O)CC4)c(F)cc3c1=O)CC[C@@H]2C. The van der Waals surface area contributed by atoms with Gasteiger partial charge in [0.1, 0.15) is 11.4 Å². The van der Waals surface area contributed by atoms with Crippen molar-refractivity contribution in [3.63, 3.8) is 0 Å². The van der Waals surface area contributed by atoms with Gasteiger partial charge in [-0.15, -0.1) is 0 Å². The number of nitrogens with zero attached hydrogens (tertiary/aromatic N) is 2. The molecule has 0 saturated carbocycles. The van der Waals surface area contributed by atoms with Crippen molar-refractivity contribution < 1.29 is 28.6 Å². The number of pyridine rings is 1. The van der Waals surface area contributed by atoms with Gasteiger partial charge >= 0.3 is 11.9 Å². The number of aliphatic hydroxyl groups excluding tert-OH is 1. The van der Waals surface area contributed by atoms with Crippen LogP contribution < -0.4 is 10.3 Å². The largest absolute Gasteiger partial charge is 0.463 e. The maximum Gasteiger partial charge on any atom is 0.344 e. The third-order valence-corrected chi connectivity index (χ3v) is 6.25. The van der Waals surface area contributed by atoms with Crippen molar-refractivity contribution >= 4 is 28.5 Å². The number of rotatable bonds is 5. The first-order valence-corrected chi connectivity index (χ1v) is 11.0. The average molecular weight is 446 g/mol. The number of aliphatic hydroxyl groups is 1. The second-order valence-electron chi connectivity index (χ2n) is 8.35. The predicted octanol–water partition coefficient (Wildman–Crippen LogP) is 2.33. The van der Waals surface area contributed by atoms with Gasteiger partial charge in [0.2, 0.25) is 5.43 Å². The van der Waals surface area contributed by atoms with Gasteiger partial charge in [-0.25, -0.2) is 14.0 Å². The molecule has 1 aromatic heterocycles. The van der Waals surface area contributed by atoms with E-state index < -0.39 is 29.8 Å². The van der Waals surface area contributed by atoms with Crippen molar-refractivity contribution in [3.05, 3.63) is 39.4 Å². The molecular formula is C23H27FN2O6. The summed E-state index contributed by atoms with van der Waals surface area (Å²) in [4.78, 5) is 39.1. The van der Waals surface area contributed by atoms with Crippen LogP contribution in [-0.2, 0) is 20.7 Å². The Hall–Kier alpha value is -2.94. The summed E-state index contributed by atoms with van der Waals surface area (Å²) in [6.45, 7) is 4.23. The number of piperidine rings is 1. The monoisotopic (exact) mass is 446 g/mol. The number of halogens is 1. The molecule has 2 aliphatic rings. The topological polar surface area (TPSA) is 98.1 Å². The van der Waals surface area contributed by atoms with E-state index in [9.17, 15) is 19.5 Å². The Balaban J connectivity index is 1.79. The summed E-state index contributed by atoms with van der Waals surface area (Å²) in [6.07, 6.45) is 3.52. The normalized spacial score (nSPS) is 18.6. The van der Waals surface area contributed by atoms with Crippen LogP contribution in [0.1, 0.15) is 55.1 Å². The van der Waals surface area contributed by atoms with Gasteiger partial charge in [-0.1, -0.05) is 0 Å². The van der Waals surface area contributed by atoms with Gasteiger partial charge in [-0.2, -0.15) is 0 Å². The lowest BCUT2D eigenvalue weighted by atomic mass is 9.93. The number of aryl methyl sites for hydroxylation is 1. The van der Waals surface area contributed by atoms with Crippen LogP contribution in [-0.4, -0.2) is 54.0 Å². The number of anilines is 1. The van der Waals surface area contributed by atoms with E-state index in [-0.39, 0.29) is 29.7 Å². The van der Waals surface area contributed by atoms with E-state index in [0.717, 1.165) is 12.0 Å². The fourth-order valence-corrected chi connectivity index (χ4v) is 4.62. The molecule has 9 heteroatoms. The van der Waals surface area contributed by atoms with Crippen LogP contribution in [0.2, 0.25) is 0 Å². The number of ether oxygens (including phenoxy) is 2. The number of esters is 2. The summed E-state index contributed by atoms with van der Waals surface area (Å²) in [7, 11) is 0. The number of hydrogen-bond donors (Lipinski definition) is 1. The molecule has 2 aromatic rings. The number of aromatic nitrogens is 1. The van der Waals surface area contributed by atoms with Crippen molar-refractivity contribution in [2.75, 3.05) is 31.2 Å². The quantitative estimate of drug-likeness (QED) is 0.704. The molecule has 3 heterocycles. The van der Waals surface area contributed by atoms with Crippen LogP contribution in [0.4, 0.5) is 10.1 Å². The summed E-state index contributed by atoms with van der Waals surface area (Å²) < 4.78 is 26.9. The molecule has 0 bridgehead atoms. The van der Waals surface area contributed by atoms with Crippen LogP contribution in [0.25, 0.3) is 10.9 Å². The van der Waals surface area contributed by atoms with Gasteiger partial charge < -0.3 is 24.0 Å². The highest BCUT2D eigenvalue weighted by Crippen LogP contribution is 2.38. The van der Waals surface area contributed by atoms with E-state index in [4.69, 9.17) is 9.47 Å². The third kappa shape index (κ3) is 3.97. The summed E-state index contributed by atoms with van der Waals surface area (Å²) in [6, 6.07) is 1.18. The van der Waals surface area contributed by atoms with Crippen molar-refractivity contribution in [2.24, 2.45) is 0 Å². The molecule has 32 heavy (non-hydrogen) atoms. The summed E-state index contributed by atoms with van der Waals surface area (Å²) in [5.41, 5.74) is 0.980. The summed E-state index contributed by atoms with van der Waals surface area (Å²) >= 11 is 0. The Morgan fingerprint density at radius 2 is 1.94 bits per heavy atom. The van der Waals surface area contributed by atoms with Gasteiger partial charge in [0, 0.05) is 36.3 Å². The zero-order chi connectivity index (χ0) is 23.0. The first-order chi connectivity index (χ1) is 15.3. The van der Waals surface area contributed by atoms with Crippen molar-refractivity contribution in [3.8, 4) is 0 Å². The highest BCUT2D eigenvalue weighted by Gasteiger charge is 2.30. The van der Waals surface area contributed by atoms with Crippen molar-refractivity contribution in [1.29, 1.82) is 0 Å². The van der Waals surface area contributed by atoms with E-state index in [1.54, 1.807) is 6.92 Å². The molecule has 1 atom stereocenters. The van der Waals surface area contributed by atoms with E-state index in [2.05, 4.69) is 0 Å². The number of carbonyl (C=O) groups is 2. The zero-order valence-electron chi connectivity index (χ0n) is 18.2. The van der Waals surface area contributed by atoms with E-state index in [1.165, 1.54) is 12.3 Å². The van der Waals surface area contributed by atoms with Gasteiger partial charge in [0.15, 0.2) is 6.61 Å². The highest BCUT2D eigenvalue weighted by atomic mass is 19.1. The number of carbonyl (C=O) groups excluding carboxylic acids is 2. The molecule has 8 nitrogen and oxygen atoms in total. The molecule has 0 amide bonds. The molecule has 1 aromatic carbocycles. The summed E-state index contributed by atoms with van der Waals surface area (Å²) in [5.74, 6) is -2.16. The predicted molar refractivity (Wildman–Crippen MR) is 116 cm³/mol. The molecule has 0 radical (unpaired) electrons. The Morgan fingerprint density at radius 3 is 2.62 bits per heavy atom. The first kappa shape index (κ1) is 22.3. The van der Waals surface area contributed by atoms with Crippen LogP contribution in [0.5, 0.6) is 0 Å². The molecule has 1 fully saturated rings. The smallest absolute Gasteiger partial charge is 0.344 e. The molecule has 0 aliphatic carbocycles. The van der Waals surface area contributed by atoms with Crippen LogP contribution in [0, 0.1) is 5.82 Å². The van der Waals surface area contributed by atoms with E-state index >= 15 is 4.39 Å². The minimum atomic E-state index is -0.942. The molecule has 1 N–H and O–H groups in total. The maximum atomic E-state index is 15.3. The Morgan fingerprint density at radius 1 is 1.22 bits per heavy atom. The maximum absolute atomic E-state index is 15.3. The lowest BCUT2D eigenvalue weighted by molar-refractivity contribution is -0.146. The Kier molecular flexibility index (Phi) is 6.19. The Labute approximate surface area is 184 Å².